The predicted octanol–water partition coefficient (Wildman–Crippen LogP) is 0.919. The quantitative estimate of drug-likeness (QED) is 0.727. The first kappa shape index (κ1) is 18.1. The number of methoxy groups -OCH3 is 1. The van der Waals surface area contributed by atoms with E-state index in [1.165, 1.54) is 4.57 Å². The van der Waals surface area contributed by atoms with Crippen LogP contribution < -0.4 is 11.3 Å². The highest BCUT2D eigenvalue weighted by molar-refractivity contribution is 7.20. The van der Waals surface area contributed by atoms with Crippen molar-refractivity contribution in [1.29, 1.82) is 0 Å². The summed E-state index contributed by atoms with van der Waals surface area (Å²) >= 11 is 1.10. The molecule has 1 amide bonds. The summed E-state index contributed by atoms with van der Waals surface area (Å²) < 4.78 is 6.51. The minimum absolute atomic E-state index is 0.0383. The number of primary amides is 1. The van der Waals surface area contributed by atoms with E-state index in [-0.39, 0.29) is 18.5 Å². The summed E-state index contributed by atoms with van der Waals surface area (Å²) in [5.74, 6) is -0.999. The first-order valence-corrected chi connectivity index (χ1v) is 8.21. The molecule has 0 spiro atoms. The lowest BCUT2D eigenvalue weighted by molar-refractivity contribution is -0.137. The number of carbonyl (C=O) groups is 2. The monoisotopic (exact) mass is 353 g/mol. The number of carboxylic acid groups (broad SMARTS) is 1. The fourth-order valence-corrected chi connectivity index (χ4v) is 3.54. The van der Waals surface area contributed by atoms with Crippen molar-refractivity contribution in [2.75, 3.05) is 13.7 Å². The molecule has 0 aliphatic rings. The molecule has 2 aromatic rings. The van der Waals surface area contributed by atoms with Gasteiger partial charge in [-0.15, -0.1) is 11.3 Å². The number of fused-ring (bicyclic) bond motifs is 1. The van der Waals surface area contributed by atoms with Crippen molar-refractivity contribution >= 4 is 33.4 Å². The van der Waals surface area contributed by atoms with E-state index in [2.05, 4.69) is 4.98 Å². The van der Waals surface area contributed by atoms with Crippen molar-refractivity contribution in [2.45, 2.75) is 32.7 Å². The second-order valence-corrected chi connectivity index (χ2v) is 6.32. The smallest absolute Gasteiger partial charge is 0.303 e. The summed E-state index contributed by atoms with van der Waals surface area (Å²) in [6.07, 6.45) is 0.690. The van der Waals surface area contributed by atoms with Gasteiger partial charge in [-0.3, -0.25) is 19.0 Å². The Kier molecular flexibility index (Phi) is 5.68. The number of hydrogen-bond acceptors (Lipinski definition) is 6. The molecule has 0 aromatic carbocycles. The molecule has 2 rings (SSSR count). The van der Waals surface area contributed by atoms with E-state index < -0.39 is 11.9 Å². The van der Waals surface area contributed by atoms with Crippen LogP contribution in [0.15, 0.2) is 4.79 Å². The fraction of sp³-hybridized carbons (Fsp3) is 0.467. The Hall–Kier alpha value is -2.26. The molecule has 0 radical (unpaired) electrons. The van der Waals surface area contributed by atoms with Crippen LogP contribution in [0, 0.1) is 6.92 Å². The van der Waals surface area contributed by atoms with Crippen LogP contribution in [0.25, 0.3) is 10.2 Å². The molecule has 0 unspecified atom stereocenters. The Morgan fingerprint density at radius 1 is 1.42 bits per heavy atom. The van der Waals surface area contributed by atoms with Gasteiger partial charge in [0.05, 0.1) is 16.9 Å². The van der Waals surface area contributed by atoms with Crippen LogP contribution in [0.3, 0.4) is 0 Å². The molecule has 0 atom stereocenters. The number of amides is 1. The fourth-order valence-electron chi connectivity index (χ4n) is 2.50. The zero-order chi connectivity index (χ0) is 17.9. The SMILES string of the molecule is COCCc1nc2sc(C(N)=O)c(C)c2c(=O)n1CCCC(=O)O. The van der Waals surface area contributed by atoms with Gasteiger partial charge in [0.1, 0.15) is 10.7 Å². The van der Waals surface area contributed by atoms with Crippen LogP contribution in [-0.2, 0) is 22.5 Å². The maximum absolute atomic E-state index is 12.8. The van der Waals surface area contributed by atoms with Crippen molar-refractivity contribution < 1.29 is 19.4 Å². The number of nitrogens with two attached hydrogens (primary N) is 1. The number of ether oxygens (including phenoxy) is 1. The molecule has 130 valence electrons. The second kappa shape index (κ2) is 7.54. The van der Waals surface area contributed by atoms with Crippen molar-refractivity contribution in [2.24, 2.45) is 5.73 Å². The standard InChI is InChI=1S/C15H19N3O5S/c1-8-11-14(24-12(8)13(16)21)17-9(5-7-23-2)18(15(11)22)6-3-4-10(19)20/h3-7H2,1-2H3,(H2,16,21)(H,19,20). The molecule has 0 saturated carbocycles. The molecule has 3 N–H and O–H groups in total. The number of aromatic nitrogens is 2. The Labute approximate surface area is 141 Å². The number of aryl methyl sites for hydroxylation is 1. The molecule has 2 heterocycles. The van der Waals surface area contributed by atoms with Crippen molar-refractivity contribution in [3.05, 3.63) is 26.6 Å². The van der Waals surface area contributed by atoms with Gasteiger partial charge in [-0.05, 0) is 18.9 Å². The average molecular weight is 353 g/mol. The highest BCUT2D eigenvalue weighted by atomic mass is 32.1. The molecule has 0 fully saturated rings. The number of thiophene rings is 1. The lowest BCUT2D eigenvalue weighted by Gasteiger charge is -2.12. The normalized spacial score (nSPS) is 11.1. The van der Waals surface area contributed by atoms with E-state index in [1.54, 1.807) is 14.0 Å². The molecule has 0 aliphatic heterocycles. The Morgan fingerprint density at radius 2 is 2.12 bits per heavy atom. The lowest BCUT2D eigenvalue weighted by Crippen LogP contribution is -2.26. The van der Waals surface area contributed by atoms with Crippen LogP contribution in [0.1, 0.15) is 33.9 Å². The van der Waals surface area contributed by atoms with Gasteiger partial charge in [0.2, 0.25) is 0 Å². The van der Waals surface area contributed by atoms with Gasteiger partial charge >= 0.3 is 5.97 Å². The third-order valence-corrected chi connectivity index (χ3v) is 4.86. The molecule has 24 heavy (non-hydrogen) atoms. The van der Waals surface area contributed by atoms with Gasteiger partial charge in [0, 0.05) is 26.5 Å². The lowest BCUT2D eigenvalue weighted by atomic mass is 10.2. The van der Waals surface area contributed by atoms with Gasteiger partial charge in [0.25, 0.3) is 11.5 Å². The van der Waals surface area contributed by atoms with E-state index in [1.807, 2.05) is 0 Å². The summed E-state index contributed by atoms with van der Waals surface area (Å²) in [6, 6.07) is 0. The average Bonchev–Trinajstić information content (AvgIpc) is 2.84. The molecular weight excluding hydrogens is 334 g/mol. The first-order valence-electron chi connectivity index (χ1n) is 7.40. The topological polar surface area (TPSA) is 125 Å². The number of rotatable bonds is 8. The second-order valence-electron chi connectivity index (χ2n) is 5.33. The van der Waals surface area contributed by atoms with Crippen LogP contribution in [0.5, 0.6) is 0 Å². The van der Waals surface area contributed by atoms with Crippen LogP contribution in [0.2, 0.25) is 0 Å². The van der Waals surface area contributed by atoms with Gasteiger partial charge in [-0.25, -0.2) is 4.98 Å². The molecule has 0 saturated heterocycles. The third kappa shape index (κ3) is 3.62. The summed E-state index contributed by atoms with van der Waals surface area (Å²) in [7, 11) is 1.55. The molecule has 0 bridgehead atoms. The maximum Gasteiger partial charge on any atom is 0.303 e. The van der Waals surface area contributed by atoms with Gasteiger partial charge in [-0.2, -0.15) is 0 Å². The highest BCUT2D eigenvalue weighted by Gasteiger charge is 2.20. The summed E-state index contributed by atoms with van der Waals surface area (Å²) in [4.78, 5) is 40.3. The van der Waals surface area contributed by atoms with Gasteiger partial charge in [0.15, 0.2) is 0 Å². The van der Waals surface area contributed by atoms with Gasteiger partial charge < -0.3 is 15.6 Å². The molecule has 0 aliphatic carbocycles. The Bertz CT molecular complexity index is 840. The summed E-state index contributed by atoms with van der Waals surface area (Å²) in [5.41, 5.74) is 5.59. The van der Waals surface area contributed by atoms with Crippen molar-refractivity contribution in [3.8, 4) is 0 Å². The minimum Gasteiger partial charge on any atom is -0.481 e. The van der Waals surface area contributed by atoms with Crippen LogP contribution in [0.4, 0.5) is 0 Å². The van der Waals surface area contributed by atoms with Gasteiger partial charge in [-0.1, -0.05) is 0 Å². The van der Waals surface area contributed by atoms with E-state index in [0.717, 1.165) is 11.3 Å². The van der Waals surface area contributed by atoms with Crippen LogP contribution >= 0.6 is 11.3 Å². The molecule has 8 nitrogen and oxygen atoms in total. The van der Waals surface area contributed by atoms with E-state index in [4.69, 9.17) is 15.6 Å². The number of carbonyl (C=O) groups excluding carboxylic acids is 1. The summed E-state index contributed by atoms with van der Waals surface area (Å²) in [5, 5.41) is 9.15. The minimum atomic E-state index is -0.918. The van der Waals surface area contributed by atoms with E-state index >= 15 is 0 Å². The van der Waals surface area contributed by atoms with E-state index in [0.29, 0.717) is 45.9 Å². The number of hydrogen-bond donors (Lipinski definition) is 2. The van der Waals surface area contributed by atoms with Crippen molar-refractivity contribution in [1.82, 2.24) is 9.55 Å². The molecule has 9 heteroatoms. The Balaban J connectivity index is 2.56. The molecule has 2 aromatic heterocycles. The number of aliphatic carboxylic acids is 1. The zero-order valence-electron chi connectivity index (χ0n) is 13.5. The van der Waals surface area contributed by atoms with Crippen molar-refractivity contribution in [3.63, 3.8) is 0 Å². The predicted molar refractivity (Wildman–Crippen MR) is 89.6 cm³/mol. The molecular formula is C15H19N3O5S. The maximum atomic E-state index is 12.8. The van der Waals surface area contributed by atoms with Crippen LogP contribution in [-0.4, -0.2) is 40.3 Å². The number of nitrogens with zero attached hydrogens (tertiary/aromatic N) is 2. The zero-order valence-corrected chi connectivity index (χ0v) is 14.3. The first-order chi connectivity index (χ1) is 11.4. The Morgan fingerprint density at radius 3 is 2.71 bits per heavy atom. The van der Waals surface area contributed by atoms with E-state index in [9.17, 15) is 14.4 Å². The largest absolute Gasteiger partial charge is 0.481 e. The highest BCUT2D eigenvalue weighted by Crippen LogP contribution is 2.27. The third-order valence-electron chi connectivity index (χ3n) is 3.66. The number of carboxylic acids is 1. The summed E-state index contributed by atoms with van der Waals surface area (Å²) in [6.45, 7) is 2.29.